The predicted molar refractivity (Wildman–Crippen MR) is 90.3 cm³/mol. The maximum absolute atomic E-state index is 12.5. The van der Waals surface area contributed by atoms with Crippen LogP contribution >= 0.6 is 11.8 Å². The van der Waals surface area contributed by atoms with E-state index in [9.17, 15) is 19.7 Å². The predicted octanol–water partition coefficient (Wildman–Crippen LogP) is 1.49. The molecule has 0 aliphatic heterocycles. The largest absolute Gasteiger partial charge is 0.468 e. The summed E-state index contributed by atoms with van der Waals surface area (Å²) < 4.78 is 5.71. The standard InChI is InChI=1S/C14H16N6O5S/c1-3-18(8-10-5-4-6-11(7-10)20(23)24)14(22)26-13-15-16-17-19(13)9-12(21)25-2/h4-7H,3,8-9H2,1-2H3. The molecule has 0 aliphatic carbocycles. The third kappa shape index (κ3) is 4.99. The second-order valence-electron chi connectivity index (χ2n) is 5.00. The molecule has 1 aromatic carbocycles. The van der Waals surface area contributed by atoms with E-state index in [1.54, 1.807) is 19.1 Å². The molecule has 0 fully saturated rings. The van der Waals surface area contributed by atoms with Crippen LogP contribution in [-0.4, -0.2) is 54.9 Å². The van der Waals surface area contributed by atoms with Crippen LogP contribution < -0.4 is 0 Å². The van der Waals surface area contributed by atoms with Gasteiger partial charge in [-0.15, -0.1) is 5.10 Å². The van der Waals surface area contributed by atoms with Gasteiger partial charge in [0.2, 0.25) is 5.16 Å². The fraction of sp³-hybridized carbons (Fsp3) is 0.357. The molecule has 1 heterocycles. The average Bonchev–Trinajstić information content (AvgIpc) is 3.06. The van der Waals surface area contributed by atoms with Crippen molar-refractivity contribution >= 4 is 28.7 Å². The molecule has 1 aromatic heterocycles. The second kappa shape index (κ2) is 8.89. The van der Waals surface area contributed by atoms with Crippen LogP contribution in [0.1, 0.15) is 12.5 Å². The lowest BCUT2D eigenvalue weighted by molar-refractivity contribution is -0.384. The van der Waals surface area contributed by atoms with Gasteiger partial charge in [-0.3, -0.25) is 19.7 Å². The quantitative estimate of drug-likeness (QED) is 0.303. The summed E-state index contributed by atoms with van der Waals surface area (Å²) in [5.41, 5.74) is 0.588. The van der Waals surface area contributed by atoms with Gasteiger partial charge in [0.25, 0.3) is 10.9 Å². The SMILES string of the molecule is CCN(Cc1cccc([N+](=O)[O-])c1)C(=O)Sc1nnnn1CC(=O)OC. The van der Waals surface area contributed by atoms with Crippen molar-refractivity contribution in [3.05, 3.63) is 39.9 Å². The Balaban J connectivity index is 2.08. The van der Waals surface area contributed by atoms with Gasteiger partial charge >= 0.3 is 5.97 Å². The number of rotatable bonds is 7. The van der Waals surface area contributed by atoms with Gasteiger partial charge in [0.15, 0.2) is 0 Å². The molecule has 26 heavy (non-hydrogen) atoms. The van der Waals surface area contributed by atoms with Crippen molar-refractivity contribution in [3.63, 3.8) is 0 Å². The van der Waals surface area contributed by atoms with Crippen LogP contribution in [0, 0.1) is 10.1 Å². The first kappa shape index (κ1) is 19.3. The Bertz CT molecular complexity index is 811. The number of tetrazole rings is 1. The number of nitrogens with zero attached hydrogens (tertiary/aromatic N) is 6. The van der Waals surface area contributed by atoms with Crippen molar-refractivity contribution < 1.29 is 19.2 Å². The lowest BCUT2D eigenvalue weighted by Crippen LogP contribution is -2.27. The number of ether oxygens (including phenoxy) is 1. The fourth-order valence-corrected chi connectivity index (χ4v) is 2.76. The normalized spacial score (nSPS) is 10.4. The molecule has 12 heteroatoms. The van der Waals surface area contributed by atoms with Crippen LogP contribution in [0.5, 0.6) is 0 Å². The number of hydrogen-bond acceptors (Lipinski definition) is 9. The highest BCUT2D eigenvalue weighted by Crippen LogP contribution is 2.21. The summed E-state index contributed by atoms with van der Waals surface area (Å²) in [4.78, 5) is 35.7. The first-order valence-electron chi connectivity index (χ1n) is 7.47. The molecule has 0 atom stereocenters. The summed E-state index contributed by atoms with van der Waals surface area (Å²) in [5, 5.41) is 21.5. The van der Waals surface area contributed by atoms with Crippen molar-refractivity contribution in [2.75, 3.05) is 13.7 Å². The van der Waals surface area contributed by atoms with E-state index in [0.29, 0.717) is 12.1 Å². The molecule has 138 valence electrons. The van der Waals surface area contributed by atoms with Gasteiger partial charge in [0, 0.05) is 37.0 Å². The van der Waals surface area contributed by atoms with Gasteiger partial charge in [0.1, 0.15) is 6.54 Å². The van der Waals surface area contributed by atoms with E-state index in [-0.39, 0.29) is 29.2 Å². The van der Waals surface area contributed by atoms with Crippen molar-refractivity contribution in [1.82, 2.24) is 25.1 Å². The summed E-state index contributed by atoms with van der Waals surface area (Å²) in [7, 11) is 1.24. The highest BCUT2D eigenvalue weighted by Gasteiger charge is 2.20. The molecule has 0 saturated heterocycles. The van der Waals surface area contributed by atoms with Gasteiger partial charge in [-0.1, -0.05) is 12.1 Å². The minimum Gasteiger partial charge on any atom is -0.468 e. The zero-order valence-corrected chi connectivity index (χ0v) is 14.9. The summed E-state index contributed by atoms with van der Waals surface area (Å²) in [5.74, 6) is -0.546. The van der Waals surface area contributed by atoms with Crippen LogP contribution in [0.3, 0.4) is 0 Å². The zero-order valence-electron chi connectivity index (χ0n) is 14.1. The Morgan fingerprint density at radius 2 is 2.19 bits per heavy atom. The number of hydrogen-bond donors (Lipinski definition) is 0. The van der Waals surface area contributed by atoms with E-state index in [0.717, 1.165) is 16.4 Å². The molecule has 0 aliphatic rings. The number of carbonyl (C=O) groups is 2. The molecular weight excluding hydrogens is 364 g/mol. The van der Waals surface area contributed by atoms with E-state index in [4.69, 9.17) is 0 Å². The first-order valence-corrected chi connectivity index (χ1v) is 8.29. The van der Waals surface area contributed by atoms with Gasteiger partial charge in [-0.25, -0.2) is 4.68 Å². The summed E-state index contributed by atoms with van der Waals surface area (Å²) in [6, 6.07) is 6.07. The highest BCUT2D eigenvalue weighted by molar-refractivity contribution is 8.13. The number of aromatic nitrogens is 4. The van der Waals surface area contributed by atoms with Gasteiger partial charge < -0.3 is 9.64 Å². The first-order chi connectivity index (χ1) is 12.4. The summed E-state index contributed by atoms with van der Waals surface area (Å²) >= 11 is 0.764. The van der Waals surface area contributed by atoms with Gasteiger partial charge in [-0.2, -0.15) is 0 Å². The number of esters is 1. The number of nitro benzene ring substituents is 1. The van der Waals surface area contributed by atoms with E-state index >= 15 is 0 Å². The molecule has 0 radical (unpaired) electrons. The number of benzene rings is 1. The Kier molecular flexibility index (Phi) is 6.60. The molecule has 2 aromatic rings. The number of carbonyl (C=O) groups excluding carboxylic acids is 2. The van der Waals surface area contributed by atoms with Crippen molar-refractivity contribution in [3.8, 4) is 0 Å². The van der Waals surface area contributed by atoms with Crippen LogP contribution in [0.25, 0.3) is 0 Å². The molecule has 0 N–H and O–H groups in total. The number of nitro groups is 1. The fourth-order valence-electron chi connectivity index (χ4n) is 1.99. The van der Waals surface area contributed by atoms with E-state index in [1.165, 1.54) is 24.1 Å². The smallest absolute Gasteiger partial charge is 0.327 e. The van der Waals surface area contributed by atoms with Gasteiger partial charge in [-0.05, 0) is 22.9 Å². The van der Waals surface area contributed by atoms with Crippen molar-refractivity contribution in [2.24, 2.45) is 0 Å². The molecule has 1 amide bonds. The molecule has 0 bridgehead atoms. The summed E-state index contributed by atoms with van der Waals surface area (Å²) in [6.07, 6.45) is 0. The Hall–Kier alpha value is -3.02. The Labute approximate surface area is 152 Å². The van der Waals surface area contributed by atoms with E-state index in [1.807, 2.05) is 0 Å². The third-order valence-electron chi connectivity index (χ3n) is 3.32. The minimum absolute atomic E-state index is 0.0410. The lowest BCUT2D eigenvalue weighted by atomic mass is 10.2. The maximum Gasteiger partial charge on any atom is 0.327 e. The average molecular weight is 380 g/mol. The molecule has 0 unspecified atom stereocenters. The van der Waals surface area contributed by atoms with Crippen LogP contribution in [0.15, 0.2) is 29.4 Å². The molecular formula is C14H16N6O5S. The number of non-ortho nitro benzene ring substituents is 1. The van der Waals surface area contributed by atoms with E-state index in [2.05, 4.69) is 20.3 Å². The lowest BCUT2D eigenvalue weighted by Gasteiger charge is -2.19. The molecule has 2 rings (SSSR count). The molecule has 0 saturated carbocycles. The molecule has 11 nitrogen and oxygen atoms in total. The van der Waals surface area contributed by atoms with Crippen molar-refractivity contribution in [2.45, 2.75) is 25.2 Å². The second-order valence-corrected chi connectivity index (χ2v) is 5.92. The van der Waals surface area contributed by atoms with Crippen molar-refractivity contribution in [1.29, 1.82) is 0 Å². The number of amides is 1. The third-order valence-corrected chi connectivity index (χ3v) is 4.23. The highest BCUT2D eigenvalue weighted by atomic mass is 32.2. The molecule has 0 spiro atoms. The van der Waals surface area contributed by atoms with Gasteiger partial charge in [0.05, 0.1) is 12.0 Å². The number of thioether (sulfide) groups is 1. The summed E-state index contributed by atoms with van der Waals surface area (Å²) in [6.45, 7) is 2.15. The van der Waals surface area contributed by atoms with Crippen LogP contribution in [-0.2, 0) is 22.6 Å². The number of methoxy groups -OCH3 is 1. The van der Waals surface area contributed by atoms with Crippen LogP contribution in [0.2, 0.25) is 0 Å². The van der Waals surface area contributed by atoms with E-state index < -0.39 is 10.9 Å². The van der Waals surface area contributed by atoms with Crippen LogP contribution in [0.4, 0.5) is 10.5 Å². The maximum atomic E-state index is 12.5. The Morgan fingerprint density at radius 1 is 1.42 bits per heavy atom. The monoisotopic (exact) mass is 380 g/mol. The zero-order chi connectivity index (χ0) is 19.1. The topological polar surface area (TPSA) is 133 Å². The Morgan fingerprint density at radius 3 is 2.85 bits per heavy atom. The minimum atomic E-state index is -0.546.